The smallest absolute Gasteiger partial charge is 0.475 e. The number of hydrogen-bond donors (Lipinski definition) is 2. The van der Waals surface area contributed by atoms with Gasteiger partial charge in [0.2, 0.25) is 5.95 Å². The van der Waals surface area contributed by atoms with E-state index in [9.17, 15) is 9.36 Å². The van der Waals surface area contributed by atoms with E-state index in [2.05, 4.69) is 35.5 Å². The van der Waals surface area contributed by atoms with E-state index in [0.29, 0.717) is 46.0 Å². The lowest BCUT2D eigenvalue weighted by atomic mass is 10.1. The number of ether oxygens (including phenoxy) is 2. The number of carbonyl (C=O) groups is 1. The highest BCUT2D eigenvalue weighted by molar-refractivity contribution is 7.48. The topological polar surface area (TPSA) is 159 Å². The van der Waals surface area contributed by atoms with E-state index in [4.69, 9.17) is 23.0 Å². The van der Waals surface area contributed by atoms with Gasteiger partial charge in [0.15, 0.2) is 11.5 Å². The van der Waals surface area contributed by atoms with Crippen molar-refractivity contribution in [1.29, 1.82) is 0 Å². The zero-order chi connectivity index (χ0) is 39.3. The number of anilines is 3. The molecular formula is C42H44N7O7P. The molecule has 294 valence electrons. The highest BCUT2D eigenvalue weighted by Crippen LogP contribution is 2.52. The van der Waals surface area contributed by atoms with E-state index >= 15 is 0 Å². The van der Waals surface area contributed by atoms with Crippen LogP contribution in [0.25, 0.3) is 10.9 Å². The predicted molar refractivity (Wildman–Crippen MR) is 217 cm³/mol. The number of rotatable bonds is 18. The van der Waals surface area contributed by atoms with Gasteiger partial charge in [-0.2, -0.15) is 0 Å². The van der Waals surface area contributed by atoms with Crippen molar-refractivity contribution in [2.75, 3.05) is 44.0 Å². The van der Waals surface area contributed by atoms with Crippen molar-refractivity contribution in [3.63, 3.8) is 0 Å². The van der Waals surface area contributed by atoms with Crippen LogP contribution in [0, 0.1) is 0 Å². The van der Waals surface area contributed by atoms with Gasteiger partial charge in [-0.05, 0) is 55.3 Å². The maximum atomic E-state index is 14.4. The summed E-state index contributed by atoms with van der Waals surface area (Å²) in [5.41, 5.74) is 3.29. The molecule has 1 aliphatic heterocycles. The van der Waals surface area contributed by atoms with Crippen LogP contribution in [-0.2, 0) is 31.4 Å². The second-order valence-corrected chi connectivity index (χ2v) is 15.0. The van der Waals surface area contributed by atoms with Crippen LogP contribution in [0.15, 0.2) is 122 Å². The van der Waals surface area contributed by atoms with Gasteiger partial charge in [-0.25, -0.2) is 24.5 Å². The van der Waals surface area contributed by atoms with Crippen molar-refractivity contribution in [2.45, 2.75) is 38.6 Å². The summed E-state index contributed by atoms with van der Waals surface area (Å²) in [4.78, 5) is 32.3. The molecule has 0 unspecified atom stereocenters. The first-order chi connectivity index (χ1) is 27.9. The molecular weight excluding hydrogens is 745 g/mol. The molecule has 0 spiro atoms. The quantitative estimate of drug-likeness (QED) is 0.0803. The van der Waals surface area contributed by atoms with Crippen molar-refractivity contribution in [2.24, 2.45) is 0 Å². The van der Waals surface area contributed by atoms with Crippen molar-refractivity contribution in [1.82, 2.24) is 24.8 Å². The summed E-state index contributed by atoms with van der Waals surface area (Å²) in [7, 11) is -2.57. The largest absolute Gasteiger partial charge is 0.493 e. The van der Waals surface area contributed by atoms with Crippen molar-refractivity contribution in [3.8, 4) is 11.5 Å². The SMILES string of the molecule is COc1cc2c(Nc3cnc(NC(=O)c4ccccc4)nc3)ncnc2cc1OC[C@H](CN1CCCCC1)OP(=O)(OCc1ccccc1)OCc1ccccc1. The number of likely N-dealkylation sites (tertiary alicyclic amines) is 1. The number of carbonyl (C=O) groups excluding carboxylic acids is 1. The molecule has 2 aromatic heterocycles. The summed E-state index contributed by atoms with van der Waals surface area (Å²) in [5.74, 6) is 1.17. The molecule has 0 saturated carbocycles. The molecule has 1 aliphatic rings. The van der Waals surface area contributed by atoms with Gasteiger partial charge in [-0.15, -0.1) is 0 Å². The van der Waals surface area contributed by atoms with Crippen LogP contribution >= 0.6 is 7.82 Å². The normalized spacial score (nSPS) is 13.8. The molecule has 3 heterocycles. The fourth-order valence-corrected chi connectivity index (χ4v) is 7.56. The monoisotopic (exact) mass is 789 g/mol. The maximum absolute atomic E-state index is 14.4. The first kappa shape index (κ1) is 39.5. The molecule has 1 amide bonds. The Morgan fingerprint density at radius 2 is 1.42 bits per heavy atom. The first-order valence-corrected chi connectivity index (χ1v) is 20.2. The van der Waals surface area contributed by atoms with Gasteiger partial charge >= 0.3 is 7.82 Å². The second-order valence-electron chi connectivity index (χ2n) is 13.3. The number of fused-ring (bicyclic) bond motifs is 1. The van der Waals surface area contributed by atoms with Crippen LogP contribution in [0.4, 0.5) is 17.5 Å². The third-order valence-electron chi connectivity index (χ3n) is 9.17. The van der Waals surface area contributed by atoms with Crippen molar-refractivity contribution in [3.05, 3.63) is 139 Å². The number of methoxy groups -OCH3 is 1. The summed E-state index contributed by atoms with van der Waals surface area (Å²) in [6.07, 6.45) is 7.13. The predicted octanol–water partition coefficient (Wildman–Crippen LogP) is 8.22. The molecule has 0 radical (unpaired) electrons. The molecule has 2 N–H and O–H groups in total. The summed E-state index contributed by atoms with van der Waals surface area (Å²) in [6.45, 7) is 2.34. The average Bonchev–Trinajstić information content (AvgIpc) is 3.26. The van der Waals surface area contributed by atoms with Crippen LogP contribution in [0.5, 0.6) is 11.5 Å². The molecule has 14 nitrogen and oxygen atoms in total. The van der Waals surface area contributed by atoms with Gasteiger partial charge in [0, 0.05) is 23.6 Å². The Morgan fingerprint density at radius 3 is 2.05 bits per heavy atom. The number of phosphoric ester groups is 1. The Kier molecular flexibility index (Phi) is 13.4. The highest BCUT2D eigenvalue weighted by atomic mass is 31.2. The Balaban J connectivity index is 1.07. The minimum atomic E-state index is -4.12. The summed E-state index contributed by atoms with van der Waals surface area (Å²) >= 11 is 0. The molecule has 0 bridgehead atoms. The molecule has 7 rings (SSSR count). The standard InChI is InChI=1S/C42H44N7O7P/c1-52-38-22-36-37(45-30-46-40(36)47-34-24-43-42(44-25-34)48-41(50)33-18-10-4-11-19-33)23-39(38)53-29-35(26-49-20-12-5-13-21-49)56-57(51,54-27-31-14-6-2-7-15-31)55-28-32-16-8-3-9-17-32/h2-4,6-11,14-19,22-25,30,35H,5,12-13,20-21,26-29H2,1H3,(H,45,46,47)(H,43,44,48,50)/t35-/m0/s1. The van der Waals surface area contributed by atoms with Gasteiger partial charge in [0.1, 0.15) is 24.9 Å². The van der Waals surface area contributed by atoms with E-state index in [1.54, 1.807) is 55.9 Å². The van der Waals surface area contributed by atoms with Crippen molar-refractivity contribution < 1.29 is 32.4 Å². The van der Waals surface area contributed by atoms with Crippen molar-refractivity contribution >= 4 is 42.1 Å². The first-order valence-electron chi connectivity index (χ1n) is 18.7. The van der Waals surface area contributed by atoms with E-state index < -0.39 is 13.9 Å². The fourth-order valence-electron chi connectivity index (χ4n) is 6.26. The van der Waals surface area contributed by atoms with Crippen LogP contribution < -0.4 is 20.1 Å². The van der Waals surface area contributed by atoms with Gasteiger partial charge in [0.05, 0.1) is 43.9 Å². The lowest BCUT2D eigenvalue weighted by Crippen LogP contribution is -2.40. The minimum absolute atomic E-state index is 0.0203. The number of piperidine rings is 1. The second kappa shape index (κ2) is 19.4. The average molecular weight is 790 g/mol. The van der Waals surface area contributed by atoms with Gasteiger partial charge in [0.25, 0.3) is 5.91 Å². The zero-order valence-corrected chi connectivity index (χ0v) is 32.4. The number of nitrogens with one attached hydrogen (secondary N) is 2. The van der Waals surface area contributed by atoms with Gasteiger partial charge in [-0.3, -0.25) is 23.7 Å². The van der Waals surface area contributed by atoms with E-state index in [1.807, 2.05) is 66.7 Å². The molecule has 1 saturated heterocycles. The Morgan fingerprint density at radius 1 is 0.789 bits per heavy atom. The fraction of sp³-hybridized carbons (Fsp3) is 0.262. The number of phosphoric acid groups is 1. The number of benzene rings is 4. The van der Waals surface area contributed by atoms with Crippen LogP contribution in [-0.4, -0.2) is 70.2 Å². The number of amides is 1. The van der Waals surface area contributed by atoms with Crippen LogP contribution in [0.2, 0.25) is 0 Å². The summed E-state index contributed by atoms with van der Waals surface area (Å²) in [6, 6.07) is 31.3. The van der Waals surface area contributed by atoms with E-state index in [0.717, 1.165) is 43.5 Å². The molecule has 1 atom stereocenters. The molecule has 1 fully saturated rings. The van der Waals surface area contributed by atoms with E-state index in [1.165, 1.54) is 6.33 Å². The maximum Gasteiger partial charge on any atom is 0.475 e. The minimum Gasteiger partial charge on any atom is -0.493 e. The van der Waals surface area contributed by atoms with Gasteiger partial charge in [-0.1, -0.05) is 85.3 Å². The van der Waals surface area contributed by atoms with Gasteiger partial charge < -0.3 is 19.7 Å². The molecule has 0 aliphatic carbocycles. The molecule has 15 heteroatoms. The Labute approximate surface area is 331 Å². The summed E-state index contributed by atoms with van der Waals surface area (Å²) in [5, 5.41) is 6.57. The molecule has 4 aromatic carbocycles. The van der Waals surface area contributed by atoms with E-state index in [-0.39, 0.29) is 31.7 Å². The number of nitrogens with zero attached hydrogens (tertiary/aromatic N) is 5. The third kappa shape index (κ3) is 11.2. The molecule has 6 aromatic rings. The lowest BCUT2D eigenvalue weighted by molar-refractivity contribution is 0.0265. The number of aromatic nitrogens is 4. The summed E-state index contributed by atoms with van der Waals surface area (Å²) < 4.78 is 44.9. The Bertz CT molecular complexity index is 2200. The number of hydrogen-bond acceptors (Lipinski definition) is 13. The lowest BCUT2D eigenvalue weighted by Gasteiger charge is -2.31. The zero-order valence-electron chi connectivity index (χ0n) is 31.5. The van der Waals surface area contributed by atoms with Crippen LogP contribution in [0.3, 0.4) is 0 Å². The van der Waals surface area contributed by atoms with Crippen LogP contribution in [0.1, 0.15) is 40.7 Å². The third-order valence-corrected chi connectivity index (χ3v) is 10.6. The molecule has 57 heavy (non-hydrogen) atoms. The Hall–Kier alpha value is -5.76. The highest BCUT2D eigenvalue weighted by Gasteiger charge is 2.33.